The number of nitrogens with one attached hydrogen (secondary N) is 2. The first kappa shape index (κ1) is 15.5. The average molecular weight is 329 g/mol. The van der Waals surface area contributed by atoms with Gasteiger partial charge in [0.2, 0.25) is 0 Å². The summed E-state index contributed by atoms with van der Waals surface area (Å²) in [6.45, 7) is 2.39. The number of carbonyl (C=O) groups is 2. The summed E-state index contributed by atoms with van der Waals surface area (Å²) in [5.41, 5.74) is 0. The molecule has 6 heteroatoms. The third kappa shape index (κ3) is 6.81. The lowest BCUT2D eigenvalue weighted by Crippen LogP contribution is -2.41. The number of hydrogen-bond donors (Lipinski definition) is 2. The number of rotatable bonds is 6. The molecule has 0 aliphatic heterocycles. The van der Waals surface area contributed by atoms with Crippen molar-refractivity contribution in [2.75, 3.05) is 13.2 Å². The molecule has 1 aromatic rings. The molecular formula is C13H17BrN2O3. The van der Waals surface area contributed by atoms with E-state index in [4.69, 9.17) is 4.74 Å². The van der Waals surface area contributed by atoms with Crippen LogP contribution in [0.15, 0.2) is 28.7 Å². The molecule has 19 heavy (non-hydrogen) atoms. The van der Waals surface area contributed by atoms with E-state index < -0.39 is 11.9 Å². The minimum Gasteiger partial charge on any atom is -0.484 e. The zero-order valence-electron chi connectivity index (χ0n) is 10.7. The molecule has 2 N–H and O–H groups in total. The summed E-state index contributed by atoms with van der Waals surface area (Å²) in [4.78, 5) is 22.7. The Labute approximate surface area is 120 Å². The van der Waals surface area contributed by atoms with E-state index in [1.807, 2.05) is 13.0 Å². The van der Waals surface area contributed by atoms with Gasteiger partial charge in [-0.3, -0.25) is 10.1 Å². The Morgan fingerprint density at radius 2 is 2.16 bits per heavy atom. The molecule has 0 aliphatic rings. The van der Waals surface area contributed by atoms with E-state index in [0.717, 1.165) is 17.3 Å². The van der Waals surface area contributed by atoms with E-state index in [2.05, 4.69) is 26.6 Å². The van der Waals surface area contributed by atoms with Crippen LogP contribution in [-0.2, 0) is 4.79 Å². The lowest BCUT2D eigenvalue weighted by molar-refractivity contribution is -0.122. The van der Waals surface area contributed by atoms with Gasteiger partial charge in [0.25, 0.3) is 5.91 Å². The lowest BCUT2D eigenvalue weighted by Gasteiger charge is -2.08. The SMILES string of the molecule is CCCCNC(=O)NC(=O)COc1cccc(Br)c1. The number of benzene rings is 1. The van der Waals surface area contributed by atoms with Crippen molar-refractivity contribution in [2.45, 2.75) is 19.8 Å². The van der Waals surface area contributed by atoms with Crippen molar-refractivity contribution in [3.05, 3.63) is 28.7 Å². The first-order chi connectivity index (χ1) is 9.11. The summed E-state index contributed by atoms with van der Waals surface area (Å²) in [7, 11) is 0. The highest BCUT2D eigenvalue weighted by Crippen LogP contribution is 2.17. The Kier molecular flexibility index (Phi) is 6.95. The van der Waals surface area contributed by atoms with Crippen LogP contribution in [0.4, 0.5) is 4.79 Å². The highest BCUT2D eigenvalue weighted by atomic mass is 79.9. The quantitative estimate of drug-likeness (QED) is 0.788. The molecule has 0 fully saturated rings. The van der Waals surface area contributed by atoms with E-state index in [-0.39, 0.29) is 6.61 Å². The predicted molar refractivity (Wildman–Crippen MR) is 76.1 cm³/mol. The van der Waals surface area contributed by atoms with E-state index in [0.29, 0.717) is 12.3 Å². The first-order valence-corrected chi connectivity index (χ1v) is 6.87. The van der Waals surface area contributed by atoms with Gasteiger partial charge in [-0.15, -0.1) is 0 Å². The average Bonchev–Trinajstić information content (AvgIpc) is 2.37. The fourth-order valence-electron chi connectivity index (χ4n) is 1.29. The standard InChI is InChI=1S/C13H17BrN2O3/c1-2-3-7-15-13(18)16-12(17)9-19-11-6-4-5-10(14)8-11/h4-6,8H,2-3,7,9H2,1H3,(H2,15,16,17,18). The maximum absolute atomic E-state index is 11.4. The largest absolute Gasteiger partial charge is 0.484 e. The van der Waals surface area contributed by atoms with Gasteiger partial charge in [-0.2, -0.15) is 0 Å². The fraction of sp³-hybridized carbons (Fsp3) is 0.385. The van der Waals surface area contributed by atoms with Gasteiger partial charge in [0.05, 0.1) is 0 Å². The third-order valence-corrected chi connectivity index (χ3v) is 2.73. The van der Waals surface area contributed by atoms with Crippen molar-refractivity contribution in [3.63, 3.8) is 0 Å². The normalized spacial score (nSPS) is 9.79. The minimum atomic E-state index is -0.490. The zero-order valence-corrected chi connectivity index (χ0v) is 12.3. The van der Waals surface area contributed by atoms with Crippen LogP contribution in [0.3, 0.4) is 0 Å². The zero-order chi connectivity index (χ0) is 14.1. The van der Waals surface area contributed by atoms with Gasteiger partial charge in [-0.25, -0.2) is 4.79 Å². The second kappa shape index (κ2) is 8.53. The lowest BCUT2D eigenvalue weighted by atomic mass is 10.3. The van der Waals surface area contributed by atoms with Crippen molar-refractivity contribution >= 4 is 27.9 Å². The number of halogens is 1. The molecule has 0 unspecified atom stereocenters. The van der Waals surface area contributed by atoms with Crippen molar-refractivity contribution in [1.29, 1.82) is 0 Å². The summed E-state index contributed by atoms with van der Waals surface area (Å²) >= 11 is 3.30. The maximum atomic E-state index is 11.4. The fourth-order valence-corrected chi connectivity index (χ4v) is 1.67. The van der Waals surface area contributed by atoms with Crippen molar-refractivity contribution in [2.24, 2.45) is 0 Å². The number of carbonyl (C=O) groups excluding carboxylic acids is 2. The second-order valence-corrected chi connectivity index (χ2v) is 4.82. The molecule has 0 radical (unpaired) electrons. The highest BCUT2D eigenvalue weighted by molar-refractivity contribution is 9.10. The number of hydrogen-bond acceptors (Lipinski definition) is 3. The molecule has 0 bridgehead atoms. The van der Waals surface area contributed by atoms with Crippen LogP contribution < -0.4 is 15.4 Å². The molecule has 5 nitrogen and oxygen atoms in total. The van der Waals surface area contributed by atoms with E-state index in [9.17, 15) is 9.59 Å². The van der Waals surface area contributed by atoms with Crippen LogP contribution in [0.1, 0.15) is 19.8 Å². The van der Waals surface area contributed by atoms with Crippen LogP contribution in [-0.4, -0.2) is 25.1 Å². The van der Waals surface area contributed by atoms with E-state index in [1.54, 1.807) is 18.2 Å². The molecule has 0 atom stereocenters. The maximum Gasteiger partial charge on any atom is 0.321 e. The van der Waals surface area contributed by atoms with Crippen LogP contribution in [0.25, 0.3) is 0 Å². The van der Waals surface area contributed by atoms with Gasteiger partial charge in [-0.05, 0) is 24.6 Å². The Morgan fingerprint density at radius 1 is 1.37 bits per heavy atom. The smallest absolute Gasteiger partial charge is 0.321 e. The molecular weight excluding hydrogens is 312 g/mol. The number of imide groups is 1. The monoisotopic (exact) mass is 328 g/mol. The Balaban J connectivity index is 2.26. The van der Waals surface area contributed by atoms with Gasteiger partial charge in [-0.1, -0.05) is 35.3 Å². The van der Waals surface area contributed by atoms with E-state index in [1.165, 1.54) is 0 Å². The molecule has 0 saturated carbocycles. The summed E-state index contributed by atoms with van der Waals surface area (Å²) in [6, 6.07) is 6.65. The molecule has 0 aromatic heterocycles. The molecule has 0 saturated heterocycles. The Bertz CT molecular complexity index is 438. The number of unbranched alkanes of at least 4 members (excludes halogenated alkanes) is 1. The summed E-state index contributed by atoms with van der Waals surface area (Å²) in [6.07, 6.45) is 1.87. The van der Waals surface area contributed by atoms with Crippen molar-refractivity contribution in [3.8, 4) is 5.75 Å². The molecule has 1 aromatic carbocycles. The van der Waals surface area contributed by atoms with Crippen LogP contribution in [0.5, 0.6) is 5.75 Å². The summed E-state index contributed by atoms with van der Waals surface area (Å²) in [5.74, 6) is 0.0879. The van der Waals surface area contributed by atoms with Crippen LogP contribution in [0, 0.1) is 0 Å². The minimum absolute atomic E-state index is 0.197. The highest BCUT2D eigenvalue weighted by Gasteiger charge is 2.07. The van der Waals surface area contributed by atoms with Crippen molar-refractivity contribution < 1.29 is 14.3 Å². The second-order valence-electron chi connectivity index (χ2n) is 3.90. The molecule has 0 heterocycles. The Hall–Kier alpha value is -1.56. The number of ether oxygens (including phenoxy) is 1. The summed E-state index contributed by atoms with van der Waals surface area (Å²) < 4.78 is 6.12. The first-order valence-electron chi connectivity index (χ1n) is 6.08. The van der Waals surface area contributed by atoms with Gasteiger partial charge < -0.3 is 10.1 Å². The van der Waals surface area contributed by atoms with Crippen molar-refractivity contribution in [1.82, 2.24) is 10.6 Å². The predicted octanol–water partition coefficient (Wildman–Crippen LogP) is 2.45. The molecule has 0 spiro atoms. The van der Waals surface area contributed by atoms with Gasteiger partial charge >= 0.3 is 6.03 Å². The number of amides is 3. The topological polar surface area (TPSA) is 67.4 Å². The molecule has 1 rings (SSSR count). The molecule has 0 aliphatic carbocycles. The Morgan fingerprint density at radius 3 is 2.84 bits per heavy atom. The summed E-state index contributed by atoms with van der Waals surface area (Å²) in [5, 5.41) is 4.79. The third-order valence-electron chi connectivity index (χ3n) is 2.23. The molecule has 3 amide bonds. The van der Waals surface area contributed by atoms with Crippen LogP contribution in [0.2, 0.25) is 0 Å². The van der Waals surface area contributed by atoms with Gasteiger partial charge in [0, 0.05) is 11.0 Å². The molecule has 104 valence electrons. The van der Waals surface area contributed by atoms with Gasteiger partial charge in [0.1, 0.15) is 5.75 Å². The van der Waals surface area contributed by atoms with Gasteiger partial charge in [0.15, 0.2) is 6.61 Å². The number of urea groups is 1. The van der Waals surface area contributed by atoms with E-state index >= 15 is 0 Å². The van der Waals surface area contributed by atoms with Crippen LogP contribution >= 0.6 is 15.9 Å².